The number of ether oxygens (including phenoxy) is 4. The molecule has 0 aliphatic carbocycles. The van der Waals surface area contributed by atoms with Gasteiger partial charge in [-0.1, -0.05) is 58.3 Å². The molecule has 0 bridgehead atoms. The fraction of sp³-hybridized carbons (Fsp3) is 0.727. The van der Waals surface area contributed by atoms with Gasteiger partial charge in [0, 0.05) is 7.11 Å². The lowest BCUT2D eigenvalue weighted by atomic mass is 10.1. The Morgan fingerprint density at radius 2 is 1.55 bits per heavy atom. The molecular weight excluding hydrogens is 409 g/mol. The molecule has 0 saturated carbocycles. The normalized spacial score (nSPS) is 10.7. The van der Waals surface area contributed by atoms with Crippen LogP contribution in [0.5, 0.6) is 5.75 Å². The van der Waals surface area contributed by atoms with Gasteiger partial charge >= 0.3 is 12.1 Å². The fourth-order valence-electron chi connectivity index (χ4n) is 2.90. The first-order chi connectivity index (χ1) is 15.0. The van der Waals surface area contributed by atoms with Crippen LogP contribution in [0.4, 0.5) is 9.18 Å². The molecule has 0 saturated heterocycles. The third-order valence-electron chi connectivity index (χ3n) is 4.53. The van der Waals surface area contributed by atoms with Crippen LogP contribution in [0.3, 0.4) is 0 Å². The summed E-state index contributed by atoms with van der Waals surface area (Å²) in [4.78, 5) is 28.7. The van der Waals surface area contributed by atoms with Crippen LogP contribution in [0.25, 0.3) is 0 Å². The molecule has 8 nitrogen and oxygen atoms in total. The van der Waals surface area contributed by atoms with E-state index in [9.17, 15) is 14.0 Å². The van der Waals surface area contributed by atoms with E-state index in [4.69, 9.17) is 23.8 Å². The number of methoxy groups -OCH3 is 1. The Kier molecular flexibility index (Phi) is 14.2. The average Bonchev–Trinajstić information content (AvgIpc) is 3.04. The molecule has 0 aliphatic heterocycles. The standard InChI is InChI=1S/C22H36FNO7/c1-4-6-7-8-9-10-11-12-13-14-29-18-17-24(31-22(26)30-16-15-27-3)20(19(18)23)21(25)28-5-2/h17H,4-16H2,1-3H3. The van der Waals surface area contributed by atoms with E-state index in [2.05, 4.69) is 6.92 Å². The topological polar surface area (TPSA) is 85.2 Å². The molecule has 0 radical (unpaired) electrons. The highest BCUT2D eigenvalue weighted by Gasteiger charge is 2.27. The Labute approximate surface area is 183 Å². The van der Waals surface area contributed by atoms with Crippen molar-refractivity contribution < 1.29 is 37.8 Å². The fourth-order valence-corrected chi connectivity index (χ4v) is 2.90. The molecule has 0 amide bonds. The second-order valence-corrected chi connectivity index (χ2v) is 7.06. The van der Waals surface area contributed by atoms with Crippen LogP contribution in [0, 0.1) is 5.82 Å². The van der Waals surface area contributed by atoms with Gasteiger partial charge in [0.05, 0.1) is 26.0 Å². The van der Waals surface area contributed by atoms with Gasteiger partial charge in [0.1, 0.15) is 6.61 Å². The van der Waals surface area contributed by atoms with Gasteiger partial charge in [-0.15, -0.1) is 0 Å². The van der Waals surface area contributed by atoms with Crippen LogP contribution < -0.4 is 9.57 Å². The van der Waals surface area contributed by atoms with E-state index in [0.29, 0.717) is 4.73 Å². The molecule has 0 N–H and O–H groups in total. The van der Waals surface area contributed by atoms with E-state index in [1.54, 1.807) is 6.92 Å². The molecule has 0 unspecified atom stereocenters. The lowest BCUT2D eigenvalue weighted by Crippen LogP contribution is -2.25. The zero-order valence-electron chi connectivity index (χ0n) is 19.0. The molecule has 0 spiro atoms. The van der Waals surface area contributed by atoms with Crippen molar-refractivity contribution >= 4 is 12.1 Å². The van der Waals surface area contributed by atoms with E-state index in [0.717, 1.165) is 25.5 Å². The van der Waals surface area contributed by atoms with Gasteiger partial charge in [-0.2, -0.15) is 4.73 Å². The van der Waals surface area contributed by atoms with Gasteiger partial charge in [0.15, 0.2) is 5.75 Å². The summed E-state index contributed by atoms with van der Waals surface area (Å²) in [5, 5.41) is 0. The van der Waals surface area contributed by atoms with Crippen LogP contribution in [-0.2, 0) is 14.2 Å². The highest BCUT2D eigenvalue weighted by atomic mass is 19.1. The number of hydrogen-bond acceptors (Lipinski definition) is 7. The van der Waals surface area contributed by atoms with Crippen molar-refractivity contribution in [1.29, 1.82) is 0 Å². The average molecular weight is 446 g/mol. The zero-order valence-corrected chi connectivity index (χ0v) is 19.0. The molecule has 1 aromatic heterocycles. The van der Waals surface area contributed by atoms with E-state index in [1.165, 1.54) is 45.6 Å². The minimum Gasteiger partial charge on any atom is -0.489 e. The largest absolute Gasteiger partial charge is 0.533 e. The second-order valence-electron chi connectivity index (χ2n) is 7.06. The maximum Gasteiger partial charge on any atom is 0.533 e. The molecule has 0 atom stereocenters. The van der Waals surface area contributed by atoms with Gasteiger partial charge in [0.25, 0.3) is 0 Å². The third-order valence-corrected chi connectivity index (χ3v) is 4.53. The van der Waals surface area contributed by atoms with E-state index in [1.807, 2.05) is 0 Å². The first kappa shape index (κ1) is 26.7. The number of esters is 1. The Morgan fingerprint density at radius 3 is 2.16 bits per heavy atom. The maximum atomic E-state index is 14.7. The summed E-state index contributed by atoms with van der Waals surface area (Å²) in [7, 11) is 1.45. The molecule has 1 heterocycles. The summed E-state index contributed by atoms with van der Waals surface area (Å²) in [5.41, 5.74) is -0.562. The first-order valence-corrected chi connectivity index (χ1v) is 11.1. The van der Waals surface area contributed by atoms with Crippen molar-refractivity contribution in [2.24, 2.45) is 0 Å². The molecular formula is C22H36FNO7. The lowest BCUT2D eigenvalue weighted by Gasteiger charge is -2.08. The first-order valence-electron chi connectivity index (χ1n) is 11.1. The Balaban J connectivity index is 2.54. The molecule has 0 aliphatic rings. The van der Waals surface area contributed by atoms with Crippen molar-refractivity contribution in [3.8, 4) is 5.75 Å². The number of halogens is 1. The molecule has 1 aromatic rings. The van der Waals surface area contributed by atoms with Crippen LogP contribution >= 0.6 is 0 Å². The van der Waals surface area contributed by atoms with E-state index >= 15 is 0 Å². The quantitative estimate of drug-likeness (QED) is 0.248. The number of carbonyl (C=O) groups is 2. The lowest BCUT2D eigenvalue weighted by molar-refractivity contribution is 0.0245. The third kappa shape index (κ3) is 10.5. The second kappa shape index (κ2) is 16.4. The van der Waals surface area contributed by atoms with Crippen LogP contribution in [0.1, 0.15) is 82.1 Å². The Morgan fingerprint density at radius 1 is 0.903 bits per heavy atom. The number of nitrogens with zero attached hydrogens (tertiary/aromatic N) is 1. The van der Waals surface area contributed by atoms with Gasteiger partial charge in [-0.05, 0) is 13.3 Å². The van der Waals surface area contributed by atoms with Crippen LogP contribution in [0.2, 0.25) is 0 Å². The summed E-state index contributed by atoms with van der Waals surface area (Å²) >= 11 is 0. The zero-order chi connectivity index (χ0) is 22.9. The van der Waals surface area contributed by atoms with E-state index < -0.39 is 23.6 Å². The van der Waals surface area contributed by atoms with E-state index in [-0.39, 0.29) is 32.2 Å². The van der Waals surface area contributed by atoms with Crippen LogP contribution in [-0.4, -0.2) is 50.4 Å². The monoisotopic (exact) mass is 445 g/mol. The minimum absolute atomic E-state index is 0.0381. The van der Waals surface area contributed by atoms with Crippen molar-refractivity contribution in [3.63, 3.8) is 0 Å². The number of aromatic nitrogens is 1. The number of unbranched alkanes of at least 4 members (excludes halogenated alkanes) is 8. The predicted molar refractivity (Wildman–Crippen MR) is 113 cm³/mol. The molecule has 0 fully saturated rings. The number of rotatable bonds is 17. The molecule has 178 valence electrons. The highest BCUT2D eigenvalue weighted by Crippen LogP contribution is 2.24. The van der Waals surface area contributed by atoms with Crippen molar-refractivity contribution in [2.75, 3.05) is 33.5 Å². The minimum atomic E-state index is -1.11. The van der Waals surface area contributed by atoms with Gasteiger partial charge in [0.2, 0.25) is 11.5 Å². The van der Waals surface area contributed by atoms with Crippen molar-refractivity contribution in [1.82, 2.24) is 4.73 Å². The molecule has 9 heteroatoms. The van der Waals surface area contributed by atoms with Crippen LogP contribution in [0.15, 0.2) is 6.20 Å². The summed E-state index contributed by atoms with van der Waals surface area (Å²) < 4.78 is 35.2. The highest BCUT2D eigenvalue weighted by molar-refractivity contribution is 5.88. The van der Waals surface area contributed by atoms with Gasteiger partial charge in [-0.25, -0.2) is 14.0 Å². The molecule has 0 aromatic carbocycles. The molecule has 1 rings (SSSR count). The van der Waals surface area contributed by atoms with Crippen molar-refractivity contribution in [2.45, 2.75) is 71.6 Å². The number of hydrogen-bond donors (Lipinski definition) is 0. The predicted octanol–water partition coefficient (Wildman–Crippen LogP) is 4.93. The van der Waals surface area contributed by atoms with Gasteiger partial charge in [-0.3, -0.25) is 0 Å². The van der Waals surface area contributed by atoms with Gasteiger partial charge < -0.3 is 23.8 Å². The number of carbonyl (C=O) groups excluding carboxylic acids is 2. The molecule has 31 heavy (non-hydrogen) atoms. The smallest absolute Gasteiger partial charge is 0.489 e. The SMILES string of the molecule is CCCCCCCCCCCOc1cn(OC(=O)OCCOC)c(C(=O)OCC)c1F. The summed E-state index contributed by atoms with van der Waals surface area (Å²) in [5.74, 6) is -2.10. The Hall–Kier alpha value is -2.29. The summed E-state index contributed by atoms with van der Waals surface area (Å²) in [6.07, 6.45) is 10.3. The summed E-state index contributed by atoms with van der Waals surface area (Å²) in [6, 6.07) is 0. The summed E-state index contributed by atoms with van der Waals surface area (Å²) in [6.45, 7) is 4.24. The Bertz CT molecular complexity index is 648. The van der Waals surface area contributed by atoms with Crippen molar-refractivity contribution in [3.05, 3.63) is 17.7 Å². The maximum absolute atomic E-state index is 14.7.